The summed E-state index contributed by atoms with van der Waals surface area (Å²) in [4.78, 5) is 27.9. The van der Waals surface area contributed by atoms with Crippen molar-refractivity contribution >= 4 is 23.2 Å². The molecule has 2 aromatic carbocycles. The van der Waals surface area contributed by atoms with Crippen LogP contribution in [0.2, 0.25) is 0 Å². The van der Waals surface area contributed by atoms with Crippen molar-refractivity contribution in [2.24, 2.45) is 0 Å². The first-order valence-corrected chi connectivity index (χ1v) is 13.0. The predicted octanol–water partition coefficient (Wildman–Crippen LogP) is 4.10. The van der Waals surface area contributed by atoms with Crippen LogP contribution >= 0.6 is 0 Å². The smallest absolute Gasteiger partial charge is 0.367 e. The fraction of sp³-hybridized carbons (Fsp3) is 0.393. The second-order valence-electron chi connectivity index (χ2n) is 10.1. The van der Waals surface area contributed by atoms with Crippen LogP contribution in [0.4, 0.5) is 30.5 Å². The van der Waals surface area contributed by atoms with Gasteiger partial charge in [0.25, 0.3) is 5.91 Å². The Bertz CT molecular complexity index is 1320. The fourth-order valence-corrected chi connectivity index (χ4v) is 5.04. The lowest BCUT2D eigenvalue weighted by Gasteiger charge is -2.33. The number of halogens is 3. The number of carbonyl (C=O) groups is 1. The Kier molecular flexibility index (Phi) is 7.72. The van der Waals surface area contributed by atoms with Gasteiger partial charge < -0.3 is 20.4 Å². The highest BCUT2D eigenvalue weighted by atomic mass is 19.4. The molecule has 1 saturated heterocycles. The van der Waals surface area contributed by atoms with Gasteiger partial charge in [-0.05, 0) is 48.9 Å². The molecular weight excluding hydrogens is 507 g/mol. The van der Waals surface area contributed by atoms with Crippen LogP contribution in [0.25, 0.3) is 0 Å². The highest BCUT2D eigenvalue weighted by Crippen LogP contribution is 2.35. The van der Waals surface area contributed by atoms with Crippen LogP contribution in [0.15, 0.2) is 48.8 Å². The minimum Gasteiger partial charge on any atom is -0.367 e. The molecule has 2 aliphatic heterocycles. The number of nitrogens with zero attached hydrogens (tertiary/aromatic N) is 5. The number of rotatable bonds is 7. The molecule has 2 aliphatic rings. The quantitative estimate of drug-likeness (QED) is 0.468. The van der Waals surface area contributed by atoms with E-state index in [-0.39, 0.29) is 17.8 Å². The van der Waals surface area contributed by atoms with Crippen molar-refractivity contribution in [3.63, 3.8) is 0 Å². The van der Waals surface area contributed by atoms with Crippen LogP contribution < -0.4 is 15.5 Å². The molecule has 1 aromatic heterocycles. The van der Waals surface area contributed by atoms with Crippen molar-refractivity contribution in [3.8, 4) is 0 Å². The normalized spacial score (nSPS) is 16.3. The molecule has 39 heavy (non-hydrogen) atoms. The van der Waals surface area contributed by atoms with Gasteiger partial charge in [-0.1, -0.05) is 12.1 Å². The Morgan fingerprint density at radius 2 is 1.72 bits per heavy atom. The maximum atomic E-state index is 14.0. The number of piperazine rings is 1. The Morgan fingerprint density at radius 3 is 2.41 bits per heavy atom. The molecule has 206 valence electrons. The average Bonchev–Trinajstić information content (AvgIpc) is 3.32. The van der Waals surface area contributed by atoms with Crippen molar-refractivity contribution in [1.82, 2.24) is 19.8 Å². The van der Waals surface area contributed by atoms with E-state index in [0.717, 1.165) is 62.0 Å². The van der Waals surface area contributed by atoms with E-state index in [4.69, 9.17) is 0 Å². The molecule has 3 heterocycles. The highest BCUT2D eigenvalue weighted by Gasteiger charge is 2.34. The molecule has 0 unspecified atom stereocenters. The lowest BCUT2D eigenvalue weighted by atomic mass is 10.0. The molecular formula is C28H32F3N7O. The fourth-order valence-electron chi connectivity index (χ4n) is 5.04. The number of likely N-dealkylation sites (N-methyl/N-ethyl adjacent to an activating group) is 1. The molecule has 0 saturated carbocycles. The molecule has 0 radical (unpaired) electrons. The predicted molar refractivity (Wildman–Crippen MR) is 145 cm³/mol. The van der Waals surface area contributed by atoms with Gasteiger partial charge in [0, 0.05) is 87.8 Å². The first kappa shape index (κ1) is 26.9. The zero-order valence-corrected chi connectivity index (χ0v) is 22.1. The number of carbonyl (C=O) groups excluding carboxylic acids is 1. The third-order valence-electron chi connectivity index (χ3n) is 7.30. The van der Waals surface area contributed by atoms with E-state index in [1.54, 1.807) is 37.6 Å². The second kappa shape index (κ2) is 11.2. The highest BCUT2D eigenvalue weighted by molar-refractivity contribution is 6.05. The third kappa shape index (κ3) is 6.31. The first-order chi connectivity index (χ1) is 18.7. The number of fused-ring (bicyclic) bond motifs is 1. The zero-order chi connectivity index (χ0) is 27.6. The van der Waals surface area contributed by atoms with Gasteiger partial charge in [0.1, 0.15) is 0 Å². The summed E-state index contributed by atoms with van der Waals surface area (Å²) in [7, 11) is 3.76. The van der Waals surface area contributed by atoms with Gasteiger partial charge >= 0.3 is 6.18 Å². The van der Waals surface area contributed by atoms with Gasteiger partial charge in [-0.25, -0.2) is 9.97 Å². The summed E-state index contributed by atoms with van der Waals surface area (Å²) in [5, 5.41) is 5.56. The number of hydrogen-bond acceptors (Lipinski definition) is 7. The molecule has 0 spiro atoms. The Morgan fingerprint density at radius 1 is 0.974 bits per heavy atom. The van der Waals surface area contributed by atoms with Crippen LogP contribution in [0.5, 0.6) is 0 Å². The van der Waals surface area contributed by atoms with Crippen LogP contribution in [-0.4, -0.2) is 72.5 Å². The minimum atomic E-state index is -4.52. The van der Waals surface area contributed by atoms with Gasteiger partial charge in [-0.3, -0.25) is 9.69 Å². The van der Waals surface area contributed by atoms with Crippen molar-refractivity contribution in [1.29, 1.82) is 0 Å². The summed E-state index contributed by atoms with van der Waals surface area (Å²) < 4.78 is 41.9. The van der Waals surface area contributed by atoms with E-state index in [1.165, 1.54) is 6.07 Å². The Labute approximate surface area is 225 Å². The monoisotopic (exact) mass is 539 g/mol. The first-order valence-electron chi connectivity index (χ1n) is 13.0. The van der Waals surface area contributed by atoms with Crippen molar-refractivity contribution in [2.75, 3.05) is 62.4 Å². The number of hydrogen-bond donors (Lipinski definition) is 2. The Balaban J connectivity index is 1.30. The third-order valence-corrected chi connectivity index (χ3v) is 7.30. The molecule has 3 aromatic rings. The molecule has 8 nitrogen and oxygen atoms in total. The molecule has 1 amide bonds. The van der Waals surface area contributed by atoms with E-state index >= 15 is 0 Å². The molecule has 1 fully saturated rings. The molecule has 0 bridgehead atoms. The van der Waals surface area contributed by atoms with Crippen molar-refractivity contribution < 1.29 is 18.0 Å². The topological polar surface area (TPSA) is 76.6 Å². The van der Waals surface area contributed by atoms with E-state index in [1.807, 2.05) is 18.0 Å². The number of benzene rings is 2. The SMILES string of the molecule is CNc1ncc(CN2CCc3ccc(C(=O)Nc4ccc(CN5CCN(C)CC5)c(C(F)(F)F)c4)cc32)cn1. The van der Waals surface area contributed by atoms with Gasteiger partial charge in [0.15, 0.2) is 0 Å². The van der Waals surface area contributed by atoms with Crippen LogP contribution in [0, 0.1) is 0 Å². The number of alkyl halides is 3. The summed E-state index contributed by atoms with van der Waals surface area (Å²) in [6.45, 7) is 4.68. The number of nitrogens with one attached hydrogen (secondary N) is 2. The van der Waals surface area contributed by atoms with Crippen LogP contribution in [0.1, 0.15) is 32.6 Å². The van der Waals surface area contributed by atoms with Crippen LogP contribution in [0.3, 0.4) is 0 Å². The van der Waals surface area contributed by atoms with E-state index in [2.05, 4.69) is 30.4 Å². The van der Waals surface area contributed by atoms with Gasteiger partial charge in [-0.2, -0.15) is 13.2 Å². The number of aromatic nitrogens is 2. The lowest BCUT2D eigenvalue weighted by Crippen LogP contribution is -2.44. The molecule has 11 heteroatoms. The van der Waals surface area contributed by atoms with Gasteiger partial charge in [-0.15, -0.1) is 0 Å². The van der Waals surface area contributed by atoms with E-state index < -0.39 is 17.6 Å². The molecule has 0 atom stereocenters. The van der Waals surface area contributed by atoms with Gasteiger partial charge in [0.05, 0.1) is 5.56 Å². The Hall–Kier alpha value is -3.70. The van der Waals surface area contributed by atoms with E-state index in [9.17, 15) is 18.0 Å². The number of amides is 1. The summed E-state index contributed by atoms with van der Waals surface area (Å²) in [6.07, 6.45) is -0.153. The maximum absolute atomic E-state index is 14.0. The molecule has 0 aliphatic carbocycles. The summed E-state index contributed by atoms with van der Waals surface area (Å²) in [5.74, 6) is 0.0897. The van der Waals surface area contributed by atoms with Gasteiger partial charge in [0.2, 0.25) is 5.95 Å². The summed E-state index contributed by atoms with van der Waals surface area (Å²) in [5.41, 5.74) is 2.99. The maximum Gasteiger partial charge on any atom is 0.416 e. The minimum absolute atomic E-state index is 0.119. The largest absolute Gasteiger partial charge is 0.416 e. The second-order valence-corrected chi connectivity index (χ2v) is 10.1. The summed E-state index contributed by atoms with van der Waals surface area (Å²) >= 11 is 0. The average molecular weight is 540 g/mol. The van der Waals surface area contributed by atoms with Crippen LogP contribution in [-0.2, 0) is 25.7 Å². The van der Waals surface area contributed by atoms with Crippen molar-refractivity contribution in [2.45, 2.75) is 25.7 Å². The van der Waals surface area contributed by atoms with E-state index in [0.29, 0.717) is 18.1 Å². The molecule has 2 N–H and O–H groups in total. The standard InChI is InChI=1S/C28H32F3N7O/c1-32-27-33-15-19(16-34-27)17-38-8-7-20-3-4-21(13-25(20)38)26(39)35-23-6-5-22(24(14-23)28(29,30)31)18-37-11-9-36(2)10-12-37/h3-6,13-16H,7-12,17-18H2,1-2H3,(H,35,39)(H,32,33,34). The lowest BCUT2D eigenvalue weighted by molar-refractivity contribution is -0.138. The summed E-state index contributed by atoms with van der Waals surface area (Å²) in [6, 6.07) is 9.49. The molecule has 5 rings (SSSR count). The van der Waals surface area contributed by atoms with Crippen molar-refractivity contribution in [3.05, 3.63) is 76.6 Å². The zero-order valence-electron chi connectivity index (χ0n) is 22.1. The number of anilines is 3.